The zero-order valence-electron chi connectivity index (χ0n) is 8.94. The number of nitrogens with two attached hydrogens (primary N) is 1. The van der Waals surface area contributed by atoms with Crippen LogP contribution < -0.4 is 11.1 Å². The minimum absolute atomic E-state index is 0.487. The summed E-state index contributed by atoms with van der Waals surface area (Å²) in [6.07, 6.45) is 0. The van der Waals surface area contributed by atoms with Gasteiger partial charge in [-0.3, -0.25) is 0 Å². The van der Waals surface area contributed by atoms with E-state index in [0.717, 1.165) is 0 Å². The van der Waals surface area contributed by atoms with Crippen molar-refractivity contribution in [1.82, 2.24) is 0 Å². The largest absolute Gasteiger partial charge is 0.409 e. The summed E-state index contributed by atoms with van der Waals surface area (Å²) in [5.41, 5.74) is 3.86. The van der Waals surface area contributed by atoms with Crippen LogP contribution in [0.25, 0.3) is 0 Å². The minimum atomic E-state index is -2.26. The van der Waals surface area contributed by atoms with Crippen LogP contribution in [-0.4, -0.2) is 17.1 Å². The Morgan fingerprint density at radius 3 is 1.83 bits per heavy atom. The summed E-state index contributed by atoms with van der Waals surface area (Å²) in [4.78, 5) is 0. The molecule has 1 unspecified atom stereocenters. The van der Waals surface area contributed by atoms with Crippen LogP contribution >= 0.6 is 0 Å². The number of benzene rings is 1. The van der Waals surface area contributed by atoms with Crippen molar-refractivity contribution in [2.24, 2.45) is 10.9 Å². The van der Waals surface area contributed by atoms with Gasteiger partial charge in [-0.1, -0.05) is 5.16 Å². The van der Waals surface area contributed by atoms with Gasteiger partial charge >= 0.3 is 0 Å². The van der Waals surface area contributed by atoms with Crippen LogP contribution in [0.15, 0.2) is 5.16 Å². The number of halogens is 5. The van der Waals surface area contributed by atoms with Crippen LogP contribution in [0.5, 0.6) is 0 Å². The molecule has 9 heteroatoms. The van der Waals surface area contributed by atoms with E-state index in [2.05, 4.69) is 5.16 Å². The third-order valence-electron chi connectivity index (χ3n) is 2.13. The second-order valence-electron chi connectivity index (χ2n) is 3.34. The molecule has 0 radical (unpaired) electrons. The zero-order chi connectivity index (χ0) is 14.0. The van der Waals surface area contributed by atoms with E-state index < -0.39 is 46.7 Å². The molecule has 0 spiro atoms. The number of hydrogen-bond acceptors (Lipinski definition) is 3. The smallest absolute Gasteiger partial charge is 0.200 e. The highest BCUT2D eigenvalue weighted by Gasteiger charge is 2.26. The van der Waals surface area contributed by atoms with Crippen molar-refractivity contribution >= 4 is 11.5 Å². The fourth-order valence-electron chi connectivity index (χ4n) is 1.11. The Morgan fingerprint density at radius 2 is 1.44 bits per heavy atom. The molecule has 0 aliphatic heterocycles. The van der Waals surface area contributed by atoms with E-state index in [1.165, 1.54) is 6.92 Å². The number of oxime groups is 1. The second kappa shape index (κ2) is 5.07. The molecule has 1 aromatic carbocycles. The Labute approximate surface area is 97.9 Å². The molecular formula is C9H8F5N3O. The van der Waals surface area contributed by atoms with Crippen molar-refractivity contribution in [1.29, 1.82) is 0 Å². The molecule has 4 N–H and O–H groups in total. The van der Waals surface area contributed by atoms with E-state index in [1.54, 1.807) is 0 Å². The fourth-order valence-corrected chi connectivity index (χ4v) is 1.11. The molecule has 1 atom stereocenters. The van der Waals surface area contributed by atoms with Gasteiger partial charge in [0.15, 0.2) is 29.1 Å². The van der Waals surface area contributed by atoms with Crippen LogP contribution in [0, 0.1) is 29.1 Å². The predicted octanol–water partition coefficient (Wildman–Crippen LogP) is 1.93. The molecule has 0 saturated carbocycles. The first-order valence-electron chi connectivity index (χ1n) is 4.56. The summed E-state index contributed by atoms with van der Waals surface area (Å²) in [5.74, 6) is -11.0. The maximum atomic E-state index is 13.2. The van der Waals surface area contributed by atoms with Crippen LogP contribution in [0.2, 0.25) is 0 Å². The van der Waals surface area contributed by atoms with Gasteiger partial charge in [0.1, 0.15) is 5.69 Å². The highest BCUT2D eigenvalue weighted by molar-refractivity contribution is 5.87. The molecule has 18 heavy (non-hydrogen) atoms. The fraction of sp³-hybridized carbons (Fsp3) is 0.222. The molecule has 0 fully saturated rings. The summed E-state index contributed by atoms with van der Waals surface area (Å²) in [6.45, 7) is 1.20. The van der Waals surface area contributed by atoms with Gasteiger partial charge in [0.05, 0.1) is 6.04 Å². The van der Waals surface area contributed by atoms with Gasteiger partial charge in [0.25, 0.3) is 0 Å². The van der Waals surface area contributed by atoms with E-state index in [1.807, 2.05) is 5.32 Å². The summed E-state index contributed by atoms with van der Waals surface area (Å²) in [7, 11) is 0. The molecule has 0 aromatic heterocycles. The third kappa shape index (κ3) is 2.29. The number of hydrogen-bond donors (Lipinski definition) is 3. The van der Waals surface area contributed by atoms with E-state index in [0.29, 0.717) is 0 Å². The summed E-state index contributed by atoms with van der Waals surface area (Å²) in [6, 6.07) is -1.14. The number of rotatable bonds is 3. The quantitative estimate of drug-likeness (QED) is 0.149. The highest BCUT2D eigenvalue weighted by Crippen LogP contribution is 2.27. The lowest BCUT2D eigenvalue weighted by atomic mass is 10.2. The molecule has 0 saturated heterocycles. The summed E-state index contributed by atoms with van der Waals surface area (Å²) < 4.78 is 64.8. The first-order valence-corrected chi connectivity index (χ1v) is 4.56. The molecule has 100 valence electrons. The summed E-state index contributed by atoms with van der Waals surface area (Å²) >= 11 is 0. The topological polar surface area (TPSA) is 70.6 Å². The standard InChI is InChI=1S/C9H8F5N3O/c1-2(9(15)17-18)16-8-6(13)4(11)3(10)5(12)7(8)14/h2,16,18H,1H3,(H2,15,17). The maximum absolute atomic E-state index is 13.2. The zero-order valence-corrected chi connectivity index (χ0v) is 8.94. The van der Waals surface area contributed by atoms with Crippen LogP contribution in [0.1, 0.15) is 6.92 Å². The Kier molecular flexibility index (Phi) is 3.94. The van der Waals surface area contributed by atoms with Gasteiger partial charge in [0.2, 0.25) is 5.82 Å². The Bertz CT molecular complexity index is 476. The first kappa shape index (κ1) is 14.0. The number of nitrogens with zero attached hydrogens (tertiary/aromatic N) is 1. The minimum Gasteiger partial charge on any atom is -0.409 e. The van der Waals surface area contributed by atoms with Crippen molar-refractivity contribution in [3.8, 4) is 0 Å². The van der Waals surface area contributed by atoms with Crippen molar-refractivity contribution < 1.29 is 27.2 Å². The van der Waals surface area contributed by atoms with Crippen molar-refractivity contribution in [3.05, 3.63) is 29.1 Å². The second-order valence-corrected chi connectivity index (χ2v) is 3.34. The molecule has 1 rings (SSSR count). The van der Waals surface area contributed by atoms with Gasteiger partial charge < -0.3 is 16.3 Å². The lowest BCUT2D eigenvalue weighted by Gasteiger charge is -2.15. The molecule has 0 bridgehead atoms. The maximum Gasteiger partial charge on any atom is 0.200 e. The predicted molar refractivity (Wildman–Crippen MR) is 52.7 cm³/mol. The molecule has 0 aliphatic rings. The van der Waals surface area contributed by atoms with Crippen molar-refractivity contribution in [2.45, 2.75) is 13.0 Å². The molecule has 0 amide bonds. The van der Waals surface area contributed by atoms with E-state index in [4.69, 9.17) is 10.9 Å². The van der Waals surface area contributed by atoms with Crippen molar-refractivity contribution in [2.75, 3.05) is 5.32 Å². The molecule has 0 heterocycles. The molecule has 1 aromatic rings. The van der Waals surface area contributed by atoms with Gasteiger partial charge in [-0.25, -0.2) is 22.0 Å². The summed E-state index contributed by atoms with van der Waals surface area (Å²) in [5, 5.41) is 12.8. The number of nitrogens with one attached hydrogen (secondary N) is 1. The normalized spacial score (nSPS) is 13.6. The van der Waals surface area contributed by atoms with Crippen LogP contribution in [0.4, 0.5) is 27.6 Å². The Balaban J connectivity index is 3.26. The average Bonchev–Trinajstić information content (AvgIpc) is 2.37. The van der Waals surface area contributed by atoms with Gasteiger partial charge in [-0.2, -0.15) is 0 Å². The Morgan fingerprint density at radius 1 is 1.06 bits per heavy atom. The van der Waals surface area contributed by atoms with E-state index in [-0.39, 0.29) is 0 Å². The van der Waals surface area contributed by atoms with Crippen LogP contribution in [-0.2, 0) is 0 Å². The van der Waals surface area contributed by atoms with E-state index in [9.17, 15) is 22.0 Å². The molecule has 0 aliphatic carbocycles. The monoisotopic (exact) mass is 269 g/mol. The first-order chi connectivity index (χ1) is 8.31. The van der Waals surface area contributed by atoms with Crippen molar-refractivity contribution in [3.63, 3.8) is 0 Å². The average molecular weight is 269 g/mol. The number of amidine groups is 1. The lowest BCUT2D eigenvalue weighted by Crippen LogP contribution is -2.33. The van der Waals surface area contributed by atoms with Gasteiger partial charge in [0, 0.05) is 0 Å². The Hall–Kier alpha value is -2.06. The van der Waals surface area contributed by atoms with Crippen LogP contribution in [0.3, 0.4) is 0 Å². The van der Waals surface area contributed by atoms with Gasteiger partial charge in [-0.15, -0.1) is 0 Å². The SMILES string of the molecule is CC(Nc1c(F)c(F)c(F)c(F)c1F)C(N)=NO. The third-order valence-corrected chi connectivity index (χ3v) is 2.13. The number of anilines is 1. The molecular weight excluding hydrogens is 261 g/mol. The van der Waals surface area contributed by atoms with Gasteiger partial charge in [-0.05, 0) is 6.92 Å². The lowest BCUT2D eigenvalue weighted by molar-refractivity contribution is 0.316. The molecule has 4 nitrogen and oxygen atoms in total. The van der Waals surface area contributed by atoms with E-state index >= 15 is 0 Å². The highest BCUT2D eigenvalue weighted by atomic mass is 19.2.